The fourth-order valence-corrected chi connectivity index (χ4v) is 5.12. The van der Waals surface area contributed by atoms with Crippen LogP contribution in [-0.2, 0) is 11.3 Å². The van der Waals surface area contributed by atoms with E-state index in [1.54, 1.807) is 12.1 Å². The second-order valence-corrected chi connectivity index (χ2v) is 9.32. The number of rotatable bonds is 4. The lowest BCUT2D eigenvalue weighted by Gasteiger charge is -2.39. The predicted octanol–water partition coefficient (Wildman–Crippen LogP) is 3.94. The topological polar surface area (TPSA) is 47.0 Å². The van der Waals surface area contributed by atoms with Gasteiger partial charge in [0.05, 0.1) is 23.5 Å². The number of benzene rings is 2. The molecule has 1 saturated heterocycles. The molecular formula is C23H25Cl2N3O2. The highest BCUT2D eigenvalue weighted by molar-refractivity contribution is 6.33. The van der Waals surface area contributed by atoms with Gasteiger partial charge in [0.15, 0.2) is 0 Å². The van der Waals surface area contributed by atoms with Gasteiger partial charge in [-0.25, -0.2) is 0 Å². The fourth-order valence-electron chi connectivity index (χ4n) is 4.75. The van der Waals surface area contributed by atoms with Crippen molar-refractivity contribution in [1.29, 1.82) is 0 Å². The molecule has 0 aromatic heterocycles. The Hall–Kier alpha value is -1.79. The van der Waals surface area contributed by atoms with Crippen molar-refractivity contribution in [3.8, 4) is 0 Å². The third-order valence-electron chi connectivity index (χ3n) is 6.35. The molecule has 2 aliphatic heterocycles. The number of hydrogen-bond acceptors (Lipinski definition) is 4. The Labute approximate surface area is 186 Å². The van der Waals surface area contributed by atoms with E-state index in [4.69, 9.17) is 23.2 Å². The van der Waals surface area contributed by atoms with Gasteiger partial charge in [-0.1, -0.05) is 35.3 Å². The van der Waals surface area contributed by atoms with Gasteiger partial charge >= 0.3 is 0 Å². The number of likely N-dealkylation sites (tertiary alicyclic amines) is 1. The van der Waals surface area contributed by atoms with Gasteiger partial charge in [0.1, 0.15) is 0 Å². The molecule has 2 aromatic carbocycles. The van der Waals surface area contributed by atoms with E-state index in [0.717, 1.165) is 23.5 Å². The van der Waals surface area contributed by atoms with Gasteiger partial charge in [0, 0.05) is 42.3 Å². The number of aliphatic hydroxyl groups is 1. The summed E-state index contributed by atoms with van der Waals surface area (Å²) in [6, 6.07) is 13.8. The Morgan fingerprint density at radius 3 is 2.60 bits per heavy atom. The average Bonchev–Trinajstić information content (AvgIpc) is 3.52. The number of anilines is 2. The smallest absolute Gasteiger partial charge is 0.244 e. The van der Waals surface area contributed by atoms with Crippen LogP contribution in [0.2, 0.25) is 10.0 Å². The molecule has 1 aliphatic carbocycles. The third-order valence-corrected chi connectivity index (χ3v) is 6.95. The van der Waals surface area contributed by atoms with Gasteiger partial charge in [-0.15, -0.1) is 0 Å². The minimum atomic E-state index is -0.528. The van der Waals surface area contributed by atoms with Crippen LogP contribution in [0.5, 0.6) is 0 Å². The van der Waals surface area contributed by atoms with Gasteiger partial charge in [-0.05, 0) is 55.2 Å². The van der Waals surface area contributed by atoms with Crippen LogP contribution in [-0.4, -0.2) is 53.7 Å². The van der Waals surface area contributed by atoms with Crippen molar-refractivity contribution in [1.82, 2.24) is 4.90 Å². The van der Waals surface area contributed by atoms with Crippen LogP contribution < -0.4 is 9.80 Å². The van der Waals surface area contributed by atoms with E-state index < -0.39 is 6.10 Å². The standard InChI is InChI=1S/C23H25Cl2N3O2/c24-16-5-8-19(25)15(11-16)13-26-14-18(29)12-22(26)23(30)28-10-9-27(17-6-7-17)20-3-1-2-4-21(20)28/h1-5,8,11,17-18,22,29H,6-7,9-10,12-14H2/t18-,22-/m0/s1. The lowest BCUT2D eigenvalue weighted by molar-refractivity contribution is -0.123. The monoisotopic (exact) mass is 445 g/mol. The largest absolute Gasteiger partial charge is 0.392 e. The minimum absolute atomic E-state index is 0.0487. The molecule has 0 spiro atoms. The molecule has 1 N–H and O–H groups in total. The zero-order chi connectivity index (χ0) is 20.8. The third kappa shape index (κ3) is 3.80. The normalized spacial score (nSPS) is 24.2. The first kappa shape index (κ1) is 20.1. The number of amides is 1. The molecule has 1 saturated carbocycles. The van der Waals surface area contributed by atoms with Crippen LogP contribution in [0, 0.1) is 0 Å². The second kappa shape index (κ2) is 8.04. The molecule has 3 aliphatic rings. The van der Waals surface area contributed by atoms with Crippen LogP contribution >= 0.6 is 23.2 Å². The quantitative estimate of drug-likeness (QED) is 0.773. The maximum absolute atomic E-state index is 13.6. The van der Waals surface area contributed by atoms with Crippen molar-refractivity contribution >= 4 is 40.5 Å². The van der Waals surface area contributed by atoms with Crippen LogP contribution in [0.25, 0.3) is 0 Å². The van der Waals surface area contributed by atoms with Crippen LogP contribution in [0.15, 0.2) is 42.5 Å². The van der Waals surface area contributed by atoms with E-state index in [1.165, 1.54) is 12.8 Å². The van der Waals surface area contributed by atoms with Crippen molar-refractivity contribution in [2.75, 3.05) is 29.4 Å². The number of halogens is 2. The molecule has 30 heavy (non-hydrogen) atoms. The SMILES string of the molecule is O=C([C@@H]1C[C@H](O)CN1Cc1cc(Cl)ccc1Cl)N1CCN(C2CC2)c2ccccc21. The second-order valence-electron chi connectivity index (χ2n) is 8.47. The summed E-state index contributed by atoms with van der Waals surface area (Å²) in [5.41, 5.74) is 2.99. The zero-order valence-electron chi connectivity index (χ0n) is 16.7. The Balaban J connectivity index is 1.40. The number of para-hydroxylation sites is 2. The molecule has 0 radical (unpaired) electrons. The van der Waals surface area contributed by atoms with Gasteiger partial charge < -0.3 is 14.9 Å². The molecule has 1 amide bonds. The van der Waals surface area contributed by atoms with E-state index in [0.29, 0.717) is 42.1 Å². The number of carbonyl (C=O) groups is 1. The fraction of sp³-hybridized carbons (Fsp3) is 0.435. The molecular weight excluding hydrogens is 421 g/mol. The van der Waals surface area contributed by atoms with Gasteiger partial charge in [-0.3, -0.25) is 9.69 Å². The van der Waals surface area contributed by atoms with Crippen LogP contribution in [0.3, 0.4) is 0 Å². The van der Waals surface area contributed by atoms with Gasteiger partial charge in [0.2, 0.25) is 5.91 Å². The number of fused-ring (bicyclic) bond motifs is 1. The van der Waals surface area contributed by atoms with Crippen molar-refractivity contribution < 1.29 is 9.90 Å². The molecule has 2 aromatic rings. The molecule has 2 fully saturated rings. The summed E-state index contributed by atoms with van der Waals surface area (Å²) in [6.07, 6.45) is 2.36. The highest BCUT2D eigenvalue weighted by Gasteiger charge is 2.41. The molecule has 5 rings (SSSR count). The summed E-state index contributed by atoms with van der Waals surface area (Å²) in [7, 11) is 0. The molecule has 2 heterocycles. The van der Waals surface area contributed by atoms with E-state index in [1.807, 2.05) is 34.1 Å². The van der Waals surface area contributed by atoms with Gasteiger partial charge in [0.25, 0.3) is 0 Å². The van der Waals surface area contributed by atoms with E-state index in [-0.39, 0.29) is 11.9 Å². The van der Waals surface area contributed by atoms with E-state index in [9.17, 15) is 9.90 Å². The number of nitrogens with zero attached hydrogens (tertiary/aromatic N) is 3. The first-order chi connectivity index (χ1) is 14.5. The summed E-state index contributed by atoms with van der Waals surface area (Å²) in [5, 5.41) is 11.6. The van der Waals surface area contributed by atoms with Crippen LogP contribution in [0.4, 0.5) is 11.4 Å². The predicted molar refractivity (Wildman–Crippen MR) is 120 cm³/mol. The maximum Gasteiger partial charge on any atom is 0.244 e. The summed E-state index contributed by atoms with van der Waals surface area (Å²) in [5.74, 6) is 0.0487. The minimum Gasteiger partial charge on any atom is -0.392 e. The first-order valence-electron chi connectivity index (χ1n) is 10.5. The number of β-amino-alcohol motifs (C(OH)–C–C–N with tert-alkyl or cyclic N) is 1. The highest BCUT2D eigenvalue weighted by atomic mass is 35.5. The van der Waals surface area contributed by atoms with E-state index in [2.05, 4.69) is 11.0 Å². The average molecular weight is 446 g/mol. The first-order valence-corrected chi connectivity index (χ1v) is 11.3. The molecule has 0 bridgehead atoms. The van der Waals surface area contributed by atoms with Crippen LogP contribution in [0.1, 0.15) is 24.8 Å². The lowest BCUT2D eigenvalue weighted by Crippen LogP contribution is -2.51. The Bertz CT molecular complexity index is 965. The summed E-state index contributed by atoms with van der Waals surface area (Å²) in [4.78, 5) is 20.0. The number of carbonyl (C=O) groups excluding carboxylic acids is 1. The number of hydrogen-bond donors (Lipinski definition) is 1. The molecule has 0 unspecified atom stereocenters. The lowest BCUT2D eigenvalue weighted by atomic mass is 10.1. The molecule has 158 valence electrons. The van der Waals surface area contributed by atoms with Crippen molar-refractivity contribution in [3.63, 3.8) is 0 Å². The summed E-state index contributed by atoms with van der Waals surface area (Å²) in [6.45, 7) is 2.45. The van der Waals surface area contributed by atoms with Crippen molar-refractivity contribution in [2.24, 2.45) is 0 Å². The van der Waals surface area contributed by atoms with E-state index >= 15 is 0 Å². The zero-order valence-corrected chi connectivity index (χ0v) is 18.2. The summed E-state index contributed by atoms with van der Waals surface area (Å²) >= 11 is 12.5. The molecule has 2 atom stereocenters. The Morgan fingerprint density at radius 1 is 1.07 bits per heavy atom. The molecule has 5 nitrogen and oxygen atoms in total. The Kier molecular flexibility index (Phi) is 5.40. The van der Waals surface area contributed by atoms with Crippen molar-refractivity contribution in [2.45, 2.75) is 44.0 Å². The number of aliphatic hydroxyl groups excluding tert-OH is 1. The molecule has 7 heteroatoms. The van der Waals surface area contributed by atoms with Gasteiger partial charge in [-0.2, -0.15) is 0 Å². The summed E-state index contributed by atoms with van der Waals surface area (Å²) < 4.78 is 0. The highest BCUT2D eigenvalue weighted by Crippen LogP contribution is 2.40. The van der Waals surface area contributed by atoms with Crippen molar-refractivity contribution in [3.05, 3.63) is 58.1 Å². The maximum atomic E-state index is 13.6. The Morgan fingerprint density at radius 2 is 1.83 bits per heavy atom.